The zero-order chi connectivity index (χ0) is 91.6. The number of rotatable bonds is 21. The minimum absolute atomic E-state index is 0.132. The second kappa shape index (κ2) is 39.4. The highest BCUT2D eigenvalue weighted by Crippen LogP contribution is 2.51. The van der Waals surface area contributed by atoms with Gasteiger partial charge in [-0.2, -0.15) is 0 Å². The number of benzene rings is 7. The molecule has 2 unspecified atom stereocenters. The molecule has 0 radical (unpaired) electrons. The maximum Gasteiger partial charge on any atom is 0.330 e. The number of likely N-dealkylation sites (N-methyl/N-ethyl adjacent to an activating group) is 1. The fourth-order valence-corrected chi connectivity index (χ4v) is 16.3. The van der Waals surface area contributed by atoms with Crippen LogP contribution in [0.1, 0.15) is 111 Å². The maximum absolute atomic E-state index is 16.4. The smallest absolute Gasteiger partial charge is 0.330 e. The van der Waals surface area contributed by atoms with Crippen molar-refractivity contribution in [1.82, 2.24) is 42.5 Å². The van der Waals surface area contributed by atoms with Crippen molar-refractivity contribution in [3.8, 4) is 68.6 Å². The van der Waals surface area contributed by atoms with Crippen LogP contribution in [0.2, 0.25) is 15.1 Å². The van der Waals surface area contributed by atoms with Crippen LogP contribution in [0.3, 0.4) is 0 Å². The van der Waals surface area contributed by atoms with E-state index in [1.807, 2.05) is 0 Å². The number of nitrogens with two attached hydrogens (primary N) is 2. The molecule has 680 valence electrons. The number of carbonyl (C=O) groups is 8. The molecule has 0 aromatic heterocycles. The SMILES string of the molecule is CN[C@H](CC(C)C)C(=O)NC1C(=O)N[C@@H](CC(N)=O)C(=O)N[C@H]2C(=O)N[C@H]3C(=O)N[C@H](C(=O)N[C@@H](C(=O)O)c4cc(O)cc(O)c4-c4cc3ccc4O)[C@H](OC3C[C@](C)(N)[C@@H](O)[C@H](C)O3)c3ccc(c(Cl)c3)Oc3cc2cc(c3O[C@@H]2O[C@H](CO)[C@@H](O[C@@H]3O[C@H](CNCc4cccc(Oc5ccc(Cl)cc5)c4)[C@H](O)[C@H](O)[C@H]3O)[C@H](O)[C@H]2O)Oc2ccc(cc2Cl)[C@H]1O. The van der Waals surface area contributed by atoms with Crippen molar-refractivity contribution in [1.29, 1.82) is 0 Å². The normalized spacial score (nSPS) is 29.4. The average molecular weight is 1830 g/mol. The quantitative estimate of drug-likeness (QED) is 0.0490. The average Bonchev–Trinajstić information content (AvgIpc) is 0.761. The molecule has 11 bridgehead atoms. The van der Waals surface area contributed by atoms with Crippen molar-refractivity contribution in [3.63, 3.8) is 0 Å². The van der Waals surface area contributed by atoms with E-state index in [1.54, 1.807) is 62.4 Å². The van der Waals surface area contributed by atoms with Crippen molar-refractivity contribution in [2.45, 2.75) is 193 Å². The van der Waals surface area contributed by atoms with Gasteiger partial charge in [-0.05, 0) is 152 Å². The van der Waals surface area contributed by atoms with Gasteiger partial charge in [0.25, 0.3) is 0 Å². The van der Waals surface area contributed by atoms with Gasteiger partial charge in [0, 0.05) is 52.8 Å². The Balaban J connectivity index is 0.958. The molecular weight excluding hydrogens is 1730 g/mol. The Morgan fingerprint density at radius 2 is 1.28 bits per heavy atom. The van der Waals surface area contributed by atoms with E-state index < -0.39 is 284 Å². The number of aliphatic carboxylic acids is 1. The highest BCUT2D eigenvalue weighted by molar-refractivity contribution is 6.32. The second-order valence-electron chi connectivity index (χ2n) is 32.2. The molecule has 0 aliphatic carbocycles. The maximum atomic E-state index is 16.4. The van der Waals surface area contributed by atoms with E-state index in [0.717, 1.165) is 66.7 Å². The fraction of sp³-hybridized carbons (Fsp3) is 0.412. The first-order chi connectivity index (χ1) is 60.3. The Labute approximate surface area is 738 Å². The first kappa shape index (κ1) is 93.8. The molecule has 24 N–H and O–H groups in total. The van der Waals surface area contributed by atoms with Crippen molar-refractivity contribution in [3.05, 3.63) is 176 Å². The summed E-state index contributed by atoms with van der Waals surface area (Å²) in [6, 6.07) is 12.6. The van der Waals surface area contributed by atoms with Gasteiger partial charge in [-0.3, -0.25) is 33.6 Å². The summed E-state index contributed by atoms with van der Waals surface area (Å²) in [5.41, 5.74) is 8.67. The third-order valence-electron chi connectivity index (χ3n) is 22.3. The Morgan fingerprint density at radius 1 is 0.638 bits per heavy atom. The molecule has 15 rings (SSSR count). The van der Waals surface area contributed by atoms with Gasteiger partial charge in [0.1, 0.15) is 131 Å². The molecule has 8 heterocycles. The Kier molecular flexibility index (Phi) is 29.1. The second-order valence-corrected chi connectivity index (χ2v) is 33.4. The van der Waals surface area contributed by atoms with E-state index in [1.165, 1.54) is 33.0 Å². The molecule has 7 aromatic carbocycles. The molecule has 3 saturated heterocycles. The predicted molar refractivity (Wildman–Crippen MR) is 445 cm³/mol. The summed E-state index contributed by atoms with van der Waals surface area (Å²) >= 11 is 20.6. The van der Waals surface area contributed by atoms with Crippen LogP contribution in [0, 0.1) is 5.92 Å². The highest BCUT2D eigenvalue weighted by Gasteiger charge is 2.53. The number of hydrogen-bond acceptors (Lipinski definition) is 31. The predicted octanol–water partition coefficient (Wildman–Crippen LogP) is 2.17. The zero-order valence-corrected chi connectivity index (χ0v) is 70.5. The lowest BCUT2D eigenvalue weighted by molar-refractivity contribution is -0.350. The lowest BCUT2D eigenvalue weighted by Gasteiger charge is -2.46. The van der Waals surface area contributed by atoms with E-state index in [0.29, 0.717) is 22.1 Å². The number of carbonyl (C=O) groups excluding carboxylic acids is 7. The first-order valence-electron chi connectivity index (χ1n) is 40.1. The largest absolute Gasteiger partial charge is 0.508 e. The molecule has 3 fully saturated rings. The van der Waals surface area contributed by atoms with Crippen LogP contribution >= 0.6 is 34.8 Å². The van der Waals surface area contributed by atoms with Crippen LogP contribution in [0.15, 0.2) is 127 Å². The number of carboxylic acids is 1. The zero-order valence-electron chi connectivity index (χ0n) is 68.2. The summed E-state index contributed by atoms with van der Waals surface area (Å²) in [6.45, 7) is 5.33. The number of aromatic hydroxyl groups is 3. The highest BCUT2D eigenvalue weighted by atomic mass is 35.5. The van der Waals surface area contributed by atoms with Crippen LogP contribution in [0.4, 0.5) is 0 Å². The Hall–Kier alpha value is -10.9. The van der Waals surface area contributed by atoms with E-state index >= 15 is 24.0 Å². The van der Waals surface area contributed by atoms with Crippen LogP contribution in [-0.2, 0) is 68.6 Å². The summed E-state index contributed by atoms with van der Waals surface area (Å²) in [5, 5.41) is 160. The number of phenols is 3. The van der Waals surface area contributed by atoms with Gasteiger partial charge in [-0.25, -0.2) is 4.79 Å². The third-order valence-corrected chi connectivity index (χ3v) is 23.2. The number of aliphatic hydroxyl groups is 8. The number of carboxylic acid groups (broad SMARTS) is 1. The van der Waals surface area contributed by atoms with Crippen LogP contribution in [-0.4, -0.2) is 238 Å². The van der Waals surface area contributed by atoms with Crippen molar-refractivity contribution in [2.24, 2.45) is 17.4 Å². The van der Waals surface area contributed by atoms with Gasteiger partial charge in [0.05, 0.1) is 41.3 Å². The molecule has 7 aromatic rings. The summed E-state index contributed by atoms with van der Waals surface area (Å²) in [7, 11) is 1.46. The number of amides is 7. The molecule has 7 amide bonds. The monoisotopic (exact) mass is 1820 g/mol. The van der Waals surface area contributed by atoms with Crippen molar-refractivity contribution >= 4 is 82.1 Å². The van der Waals surface area contributed by atoms with Crippen LogP contribution in [0.5, 0.6) is 57.5 Å². The third kappa shape index (κ3) is 21.0. The molecule has 39 nitrogen and oxygen atoms in total. The van der Waals surface area contributed by atoms with E-state index in [9.17, 15) is 75.7 Å². The van der Waals surface area contributed by atoms with Gasteiger partial charge in [0.2, 0.25) is 53.4 Å². The van der Waals surface area contributed by atoms with E-state index in [2.05, 4.69) is 42.5 Å². The summed E-state index contributed by atoms with van der Waals surface area (Å²) in [5.74, 6) is -15.7. The number of phenolic OH excluding ortho intramolecular Hbond substituents is 3. The lowest BCUT2D eigenvalue weighted by Crippen LogP contribution is -2.65. The van der Waals surface area contributed by atoms with Gasteiger partial charge < -0.3 is 158 Å². The summed E-state index contributed by atoms with van der Waals surface area (Å²) in [4.78, 5) is 120. The minimum Gasteiger partial charge on any atom is -0.508 e. The summed E-state index contributed by atoms with van der Waals surface area (Å²) < 4.78 is 57.2. The van der Waals surface area contributed by atoms with E-state index in [-0.39, 0.29) is 43.0 Å². The Bertz CT molecular complexity index is 5290. The molecule has 8 aliphatic rings. The molecule has 127 heavy (non-hydrogen) atoms. The number of hydrogen-bond donors (Lipinski definition) is 22. The number of halogens is 3. The number of primary amides is 1. The van der Waals surface area contributed by atoms with Crippen LogP contribution < -0.4 is 72.9 Å². The van der Waals surface area contributed by atoms with Crippen LogP contribution in [0.25, 0.3) is 11.1 Å². The molecule has 23 atom stereocenters. The lowest BCUT2D eigenvalue weighted by atomic mass is 9.86. The molecule has 8 aliphatic heterocycles. The van der Waals surface area contributed by atoms with Gasteiger partial charge in [-0.15, -0.1) is 0 Å². The van der Waals surface area contributed by atoms with Gasteiger partial charge >= 0.3 is 5.97 Å². The van der Waals surface area contributed by atoms with E-state index in [4.69, 9.17) is 88.9 Å². The fourth-order valence-electron chi connectivity index (χ4n) is 15.7. The molecule has 42 heteroatoms. The number of ether oxygens (including phenoxy) is 9. The standard InChI is InChI=1S/C85H95Cl3N10O29/c1-33(2)19-48(91-5)76(111)97-64-66(104)37-10-17-52(46(87)22-37)121-54-24-39-25-55(73(54)126-84-71(109)69(107)74(57(32-99)124-84)127-83-70(108)68(106)67(105)56(123-83)31-92-30-35-7-6-8-43(20-35)120-42-14-12-40(86)13-15-42)122-53-18-11-38(23-47(53)88)72(125-59-29-85(4,90)75(110)34(3)119-59)65-81(116)96-63(82(117)118)45-26-41(100)27-51(102)60(45)44-21-36(9-16-50(44)101)61(78(113)98-65)95-79(114)62(39)94-77(112)49(28-58(89)103)93-80(64)115/h6-18,20-27,33-34,48-49,56-57,59,61-72,74-75,83-84,91-92,99-102,104-110H,19,28-32,90H2,1-5H3,(H2,89,103)(H,93,115)(H,94,112)(H,95,114)(H,96,116)(H,97,111)(H,98,113)(H,117,118)/t34-,48+,49-,56+,57+,59?,61+,62+,63+,64?,65-,66+,67-,68-,69+,70+,71+,72+,74+,75-,83-,84-,85-/m0/s1. The minimum atomic E-state index is -2.43. The topological polar surface area (TPSA) is 611 Å². The number of aliphatic hydroxyl groups excluding tert-OH is 8. The Morgan fingerprint density at radius 3 is 1.92 bits per heavy atom. The molecule has 0 spiro atoms. The first-order valence-corrected chi connectivity index (χ1v) is 41.3. The number of nitrogens with one attached hydrogen (secondary N) is 8. The summed E-state index contributed by atoms with van der Waals surface area (Å²) in [6.07, 6.45) is -29.3. The molecule has 0 saturated carbocycles. The van der Waals surface area contributed by atoms with Crippen molar-refractivity contribution < 1.29 is 142 Å². The van der Waals surface area contributed by atoms with Gasteiger partial charge in [0.15, 0.2) is 30.1 Å². The van der Waals surface area contributed by atoms with Crippen molar-refractivity contribution in [2.75, 3.05) is 20.2 Å². The molecular formula is C85H95Cl3N10O29. The number of fused-ring (bicyclic) bond motifs is 15. The van der Waals surface area contributed by atoms with Gasteiger partial charge in [-0.1, -0.05) is 79.0 Å².